The molecule has 0 aromatic heterocycles. The van der Waals surface area contributed by atoms with Gasteiger partial charge < -0.3 is 21.7 Å². The molecular weight excluding hydrogens is 280 g/mol. The molecule has 2 amide bonds. The zero-order valence-electron chi connectivity index (χ0n) is 15.7. The Morgan fingerprint density at radius 1 is 1.00 bits per heavy atom. The molecule has 2 unspecified atom stereocenters. The molecule has 0 bridgehead atoms. The van der Waals surface area contributed by atoms with E-state index in [0.29, 0.717) is 19.4 Å². The summed E-state index contributed by atoms with van der Waals surface area (Å²) >= 11 is 0. The fourth-order valence-electron chi connectivity index (χ4n) is 1.79. The second-order valence-electron chi connectivity index (χ2n) is 4.62. The van der Waals surface area contributed by atoms with Crippen LogP contribution in [-0.4, -0.2) is 44.5 Å². The molecule has 0 spiro atoms. The van der Waals surface area contributed by atoms with Crippen LogP contribution < -0.4 is 21.7 Å². The number of amides is 2. The van der Waals surface area contributed by atoms with Gasteiger partial charge in [-0.1, -0.05) is 41.5 Å². The molecule has 134 valence electrons. The van der Waals surface area contributed by atoms with E-state index in [1.165, 1.54) is 0 Å². The molecule has 22 heavy (non-hydrogen) atoms. The highest BCUT2D eigenvalue weighted by Crippen LogP contribution is 2.03. The fourth-order valence-corrected chi connectivity index (χ4v) is 1.79. The fraction of sp³-hybridized carbons (Fsp3) is 0.875. The Kier molecular flexibility index (Phi) is 21.0. The quantitative estimate of drug-likeness (QED) is 0.541. The summed E-state index contributed by atoms with van der Waals surface area (Å²) in [5.74, 6) is -0.177. The minimum atomic E-state index is -0.513. The van der Waals surface area contributed by atoms with Crippen LogP contribution in [0.1, 0.15) is 54.4 Å². The summed E-state index contributed by atoms with van der Waals surface area (Å²) < 4.78 is 0. The molecule has 0 aliphatic carbocycles. The molecule has 2 atom stereocenters. The van der Waals surface area contributed by atoms with Gasteiger partial charge in [-0.05, 0) is 32.4 Å². The van der Waals surface area contributed by atoms with Gasteiger partial charge in [-0.2, -0.15) is 0 Å². The number of rotatable bonds is 8. The third kappa shape index (κ3) is 11.5. The van der Waals surface area contributed by atoms with E-state index in [-0.39, 0.29) is 23.8 Å². The van der Waals surface area contributed by atoms with E-state index in [0.717, 1.165) is 0 Å². The van der Waals surface area contributed by atoms with Crippen molar-refractivity contribution < 1.29 is 9.59 Å². The predicted molar refractivity (Wildman–Crippen MR) is 94.7 cm³/mol. The molecule has 0 rings (SSSR count). The van der Waals surface area contributed by atoms with Crippen LogP contribution in [0.3, 0.4) is 0 Å². The Balaban J connectivity index is -0.000000826. The number of carbonyl (C=O) groups is 2. The largest absolute Gasteiger partial charge is 0.357 e. The van der Waals surface area contributed by atoms with Crippen molar-refractivity contribution in [3.05, 3.63) is 0 Å². The van der Waals surface area contributed by atoms with Crippen LogP contribution in [-0.2, 0) is 9.59 Å². The molecule has 0 saturated heterocycles. The first kappa shape index (κ1) is 25.8. The molecule has 0 aromatic rings. The van der Waals surface area contributed by atoms with Crippen molar-refractivity contribution in [3.8, 4) is 0 Å². The monoisotopic (exact) mass is 318 g/mol. The molecule has 0 aliphatic rings. The lowest BCUT2D eigenvalue weighted by Gasteiger charge is -2.23. The van der Waals surface area contributed by atoms with Gasteiger partial charge in [-0.3, -0.25) is 9.59 Å². The van der Waals surface area contributed by atoms with Gasteiger partial charge in [-0.25, -0.2) is 0 Å². The normalized spacial score (nSPS) is 12.1. The Bertz CT molecular complexity index is 271. The summed E-state index contributed by atoms with van der Waals surface area (Å²) in [6, 6.07) is -0.810. The first-order chi connectivity index (χ1) is 10.5. The predicted octanol–water partition coefficient (Wildman–Crippen LogP) is 1.25. The first-order valence-corrected chi connectivity index (χ1v) is 8.37. The van der Waals surface area contributed by atoms with Gasteiger partial charge in [0, 0.05) is 7.05 Å². The minimum Gasteiger partial charge on any atom is -0.357 e. The molecule has 0 aromatic carbocycles. The van der Waals surface area contributed by atoms with Gasteiger partial charge in [0.2, 0.25) is 11.8 Å². The second kappa shape index (κ2) is 17.9. The molecule has 0 saturated carbocycles. The maximum Gasteiger partial charge on any atom is 0.242 e. The number of likely N-dealkylation sites (N-methyl/N-ethyl adjacent to an activating group) is 2. The van der Waals surface area contributed by atoms with E-state index in [1.807, 2.05) is 41.5 Å². The van der Waals surface area contributed by atoms with Gasteiger partial charge >= 0.3 is 0 Å². The van der Waals surface area contributed by atoms with Gasteiger partial charge in [0.15, 0.2) is 0 Å². The summed E-state index contributed by atoms with van der Waals surface area (Å²) in [4.78, 5) is 23.7. The Labute approximate surface area is 137 Å². The maximum absolute atomic E-state index is 12.0. The third-order valence-corrected chi connectivity index (χ3v) is 2.84. The van der Waals surface area contributed by atoms with Crippen molar-refractivity contribution in [2.24, 2.45) is 11.7 Å². The average molecular weight is 319 g/mol. The lowest BCUT2D eigenvalue weighted by Crippen LogP contribution is -2.53. The lowest BCUT2D eigenvalue weighted by molar-refractivity contribution is -0.130. The summed E-state index contributed by atoms with van der Waals surface area (Å²) in [6.45, 7) is 12.4. The Morgan fingerprint density at radius 2 is 1.50 bits per heavy atom. The van der Waals surface area contributed by atoms with Gasteiger partial charge in [0.25, 0.3) is 0 Å². The summed E-state index contributed by atoms with van der Waals surface area (Å²) in [6.07, 6.45) is 1.25. The standard InChI is InChI=1S/C12H26N4O2.2C2H6/c1-8(2)10(14-3)12(18)16-9(6-5-7-13)11(17)15-4;2*1-2/h8-10,14H,5-7,13H2,1-4H3,(H,15,17)(H,16,18);2*1-2H3. The van der Waals surface area contributed by atoms with E-state index in [9.17, 15) is 9.59 Å². The molecule has 0 fully saturated rings. The third-order valence-electron chi connectivity index (χ3n) is 2.84. The Morgan fingerprint density at radius 3 is 1.82 bits per heavy atom. The van der Waals surface area contributed by atoms with E-state index in [2.05, 4.69) is 16.0 Å². The molecule has 0 aliphatic heterocycles. The second-order valence-corrected chi connectivity index (χ2v) is 4.62. The maximum atomic E-state index is 12.0. The van der Waals surface area contributed by atoms with E-state index in [4.69, 9.17) is 5.73 Å². The highest BCUT2D eigenvalue weighted by molar-refractivity contribution is 5.89. The highest BCUT2D eigenvalue weighted by atomic mass is 16.2. The smallest absolute Gasteiger partial charge is 0.242 e. The first-order valence-electron chi connectivity index (χ1n) is 8.37. The number of hydrogen-bond acceptors (Lipinski definition) is 4. The molecule has 0 radical (unpaired) electrons. The van der Waals surface area contributed by atoms with Crippen LogP contribution in [0.4, 0.5) is 0 Å². The van der Waals surface area contributed by atoms with E-state index >= 15 is 0 Å². The molecule has 0 heterocycles. The zero-order valence-corrected chi connectivity index (χ0v) is 15.7. The molecule has 6 nitrogen and oxygen atoms in total. The topological polar surface area (TPSA) is 96.2 Å². The van der Waals surface area contributed by atoms with Crippen LogP contribution in [0.2, 0.25) is 0 Å². The van der Waals surface area contributed by atoms with Crippen molar-refractivity contribution in [3.63, 3.8) is 0 Å². The number of hydrogen-bond donors (Lipinski definition) is 4. The number of nitrogens with two attached hydrogens (primary N) is 1. The summed E-state index contributed by atoms with van der Waals surface area (Å²) in [5, 5.41) is 8.27. The summed E-state index contributed by atoms with van der Waals surface area (Å²) in [5.41, 5.74) is 5.43. The zero-order chi connectivity index (χ0) is 18.1. The van der Waals surface area contributed by atoms with E-state index in [1.54, 1.807) is 14.1 Å². The van der Waals surface area contributed by atoms with Gasteiger partial charge in [-0.15, -0.1) is 0 Å². The molecule has 5 N–H and O–H groups in total. The number of nitrogens with one attached hydrogen (secondary N) is 3. The minimum absolute atomic E-state index is 0.155. The van der Waals surface area contributed by atoms with Crippen molar-refractivity contribution in [2.75, 3.05) is 20.6 Å². The van der Waals surface area contributed by atoms with E-state index < -0.39 is 6.04 Å². The molecule has 6 heteroatoms. The van der Waals surface area contributed by atoms with Crippen LogP contribution in [0.25, 0.3) is 0 Å². The van der Waals surface area contributed by atoms with Gasteiger partial charge in [0.05, 0.1) is 6.04 Å². The van der Waals surface area contributed by atoms with Crippen molar-refractivity contribution in [1.29, 1.82) is 0 Å². The van der Waals surface area contributed by atoms with Crippen LogP contribution >= 0.6 is 0 Å². The Hall–Kier alpha value is -1.14. The van der Waals surface area contributed by atoms with Crippen LogP contribution in [0.5, 0.6) is 0 Å². The lowest BCUT2D eigenvalue weighted by atomic mass is 10.0. The van der Waals surface area contributed by atoms with Crippen LogP contribution in [0, 0.1) is 5.92 Å². The van der Waals surface area contributed by atoms with Crippen molar-refractivity contribution in [2.45, 2.75) is 66.5 Å². The summed E-state index contributed by atoms with van der Waals surface area (Å²) in [7, 11) is 3.29. The average Bonchev–Trinajstić information content (AvgIpc) is 2.54. The van der Waals surface area contributed by atoms with Crippen LogP contribution in [0.15, 0.2) is 0 Å². The van der Waals surface area contributed by atoms with Crippen molar-refractivity contribution in [1.82, 2.24) is 16.0 Å². The highest BCUT2D eigenvalue weighted by Gasteiger charge is 2.25. The van der Waals surface area contributed by atoms with Gasteiger partial charge in [0.1, 0.15) is 6.04 Å². The SMILES string of the molecule is CC.CC.CNC(=O)C(CCCN)NC(=O)C(NC)C(C)C. The van der Waals surface area contributed by atoms with Crippen molar-refractivity contribution >= 4 is 11.8 Å². The number of carbonyl (C=O) groups excluding carboxylic acids is 2. The molecular formula is C16H38N4O2.